The fourth-order valence-electron chi connectivity index (χ4n) is 1.45. The van der Waals surface area contributed by atoms with Crippen LogP contribution in [0.2, 0.25) is 0 Å². The van der Waals surface area contributed by atoms with Gasteiger partial charge in [-0.2, -0.15) is 0 Å². The van der Waals surface area contributed by atoms with E-state index in [-0.39, 0.29) is 0 Å². The molecule has 1 N–H and O–H groups in total. The van der Waals surface area contributed by atoms with Crippen LogP contribution in [0.25, 0.3) is 0 Å². The molecule has 1 heterocycles. The van der Waals surface area contributed by atoms with Crippen LogP contribution < -0.4 is 5.32 Å². The van der Waals surface area contributed by atoms with Crippen molar-refractivity contribution in [3.63, 3.8) is 0 Å². The molecule has 1 aromatic heterocycles. The molecule has 2 aromatic rings. The molecule has 0 aliphatic rings. The molecule has 90 valence electrons. The first-order valence-corrected chi connectivity index (χ1v) is 7.38. The van der Waals surface area contributed by atoms with Crippen LogP contribution in [0.15, 0.2) is 42.3 Å². The summed E-state index contributed by atoms with van der Waals surface area (Å²) in [5.74, 6) is 0.878. The Morgan fingerprint density at radius 1 is 1.18 bits per heavy atom. The summed E-state index contributed by atoms with van der Waals surface area (Å²) in [6.07, 6.45) is 0. The van der Waals surface area contributed by atoms with E-state index in [1.165, 1.54) is 5.56 Å². The van der Waals surface area contributed by atoms with Crippen LogP contribution in [0.1, 0.15) is 11.3 Å². The number of nitrogens with one attached hydrogen (secondary N) is 1. The highest BCUT2D eigenvalue weighted by Gasteiger charge is 2.06. The normalized spacial score (nSPS) is 10.6. The van der Waals surface area contributed by atoms with Gasteiger partial charge in [0.1, 0.15) is 5.76 Å². The Morgan fingerprint density at radius 3 is 2.59 bits per heavy atom. The van der Waals surface area contributed by atoms with E-state index < -0.39 is 0 Å². The van der Waals surface area contributed by atoms with Crippen LogP contribution in [-0.2, 0) is 6.54 Å². The standard InChI is InChI=1S/C12H10Br3NO/c1-7-2-3-8(13)4-11(7)16-6-9-5-10(14)12(15)17-9/h2-5,16H,6H2,1H3. The Hall–Kier alpha value is -0.260. The Bertz CT molecular complexity index is 517. The van der Waals surface area contributed by atoms with Gasteiger partial charge in [-0.1, -0.05) is 22.0 Å². The van der Waals surface area contributed by atoms with E-state index in [1.807, 2.05) is 12.1 Å². The largest absolute Gasteiger partial charge is 0.451 e. The van der Waals surface area contributed by atoms with Crippen LogP contribution in [-0.4, -0.2) is 0 Å². The Labute approximate surface area is 125 Å². The van der Waals surface area contributed by atoms with Gasteiger partial charge in [-0.15, -0.1) is 0 Å². The minimum atomic E-state index is 0.654. The number of anilines is 1. The second-order valence-corrected chi connectivity index (χ2v) is 6.14. The molecule has 0 saturated heterocycles. The van der Waals surface area contributed by atoms with Gasteiger partial charge >= 0.3 is 0 Å². The number of aryl methyl sites for hydroxylation is 1. The number of halogens is 3. The highest BCUT2D eigenvalue weighted by molar-refractivity contribution is 9.13. The Kier molecular flexibility index (Phi) is 4.33. The van der Waals surface area contributed by atoms with Crippen molar-refractivity contribution in [3.8, 4) is 0 Å². The number of hydrogen-bond donors (Lipinski definition) is 1. The van der Waals surface area contributed by atoms with Crippen molar-refractivity contribution in [1.29, 1.82) is 0 Å². The SMILES string of the molecule is Cc1ccc(Br)cc1NCc1cc(Br)c(Br)o1. The molecule has 2 nitrogen and oxygen atoms in total. The molecule has 0 aliphatic carbocycles. The summed E-state index contributed by atoms with van der Waals surface area (Å²) < 4.78 is 8.22. The van der Waals surface area contributed by atoms with E-state index >= 15 is 0 Å². The number of benzene rings is 1. The molecule has 0 atom stereocenters. The van der Waals surface area contributed by atoms with E-state index in [0.29, 0.717) is 6.54 Å². The third-order valence-electron chi connectivity index (χ3n) is 2.35. The molecule has 17 heavy (non-hydrogen) atoms. The molecule has 0 spiro atoms. The monoisotopic (exact) mass is 421 g/mol. The van der Waals surface area contributed by atoms with Crippen molar-refractivity contribution in [2.75, 3.05) is 5.32 Å². The molecule has 0 saturated carbocycles. The van der Waals surface area contributed by atoms with Gasteiger partial charge in [0.15, 0.2) is 4.67 Å². The minimum Gasteiger partial charge on any atom is -0.451 e. The maximum Gasteiger partial charge on any atom is 0.183 e. The summed E-state index contributed by atoms with van der Waals surface area (Å²) >= 11 is 10.2. The maximum atomic E-state index is 5.50. The Balaban J connectivity index is 2.09. The third kappa shape index (κ3) is 3.36. The van der Waals surface area contributed by atoms with E-state index in [4.69, 9.17) is 4.42 Å². The summed E-state index contributed by atoms with van der Waals surface area (Å²) in [6.45, 7) is 2.73. The van der Waals surface area contributed by atoms with Gasteiger partial charge in [0.25, 0.3) is 0 Å². The molecule has 0 amide bonds. The first-order valence-electron chi connectivity index (χ1n) is 5.00. The number of hydrogen-bond acceptors (Lipinski definition) is 2. The van der Waals surface area contributed by atoms with Crippen molar-refractivity contribution < 1.29 is 4.42 Å². The molecule has 1 aromatic carbocycles. The maximum absolute atomic E-state index is 5.50. The molecule has 0 unspecified atom stereocenters. The van der Waals surface area contributed by atoms with Gasteiger partial charge in [-0.25, -0.2) is 0 Å². The van der Waals surface area contributed by atoms with E-state index in [1.54, 1.807) is 0 Å². The lowest BCUT2D eigenvalue weighted by Gasteiger charge is -2.08. The molecule has 5 heteroatoms. The highest BCUT2D eigenvalue weighted by atomic mass is 79.9. The summed E-state index contributed by atoms with van der Waals surface area (Å²) in [7, 11) is 0. The van der Waals surface area contributed by atoms with Crippen molar-refractivity contribution in [1.82, 2.24) is 0 Å². The number of rotatable bonds is 3. The first kappa shape index (κ1) is 13.2. The molecule has 0 fully saturated rings. The Morgan fingerprint density at radius 2 is 1.94 bits per heavy atom. The van der Waals surface area contributed by atoms with Crippen LogP contribution in [0.3, 0.4) is 0 Å². The van der Waals surface area contributed by atoms with Crippen LogP contribution in [0, 0.1) is 6.92 Å². The lowest BCUT2D eigenvalue weighted by Crippen LogP contribution is -1.99. The molecule has 2 rings (SSSR count). The summed E-state index contributed by atoms with van der Waals surface area (Å²) in [6, 6.07) is 8.10. The second-order valence-electron chi connectivity index (χ2n) is 3.65. The van der Waals surface area contributed by atoms with Gasteiger partial charge in [0.2, 0.25) is 0 Å². The summed E-state index contributed by atoms with van der Waals surface area (Å²) in [4.78, 5) is 0. The van der Waals surface area contributed by atoms with Gasteiger partial charge in [-0.3, -0.25) is 0 Å². The fourth-order valence-corrected chi connectivity index (χ4v) is 2.47. The first-order chi connectivity index (χ1) is 8.06. The van der Waals surface area contributed by atoms with E-state index in [2.05, 4.69) is 72.2 Å². The predicted octanol–water partition coefficient (Wildman–Crippen LogP) is 5.49. The average Bonchev–Trinajstić information content (AvgIpc) is 2.60. The molecular formula is C12H10Br3NO. The lowest BCUT2D eigenvalue weighted by atomic mass is 10.2. The van der Waals surface area contributed by atoms with Gasteiger partial charge in [-0.05, 0) is 62.5 Å². The topological polar surface area (TPSA) is 25.2 Å². The quantitative estimate of drug-likeness (QED) is 0.706. The predicted molar refractivity (Wildman–Crippen MR) is 80.3 cm³/mol. The summed E-state index contributed by atoms with van der Waals surface area (Å²) in [5, 5.41) is 3.35. The van der Waals surface area contributed by atoms with Gasteiger partial charge in [0.05, 0.1) is 11.0 Å². The highest BCUT2D eigenvalue weighted by Crippen LogP contribution is 2.27. The summed E-state index contributed by atoms with van der Waals surface area (Å²) in [5.41, 5.74) is 2.31. The molecular weight excluding hydrogens is 414 g/mol. The van der Waals surface area contributed by atoms with Crippen molar-refractivity contribution in [3.05, 3.63) is 49.2 Å². The zero-order valence-corrected chi connectivity index (χ0v) is 13.8. The van der Waals surface area contributed by atoms with Gasteiger partial charge < -0.3 is 9.73 Å². The zero-order chi connectivity index (χ0) is 12.4. The third-order valence-corrected chi connectivity index (χ3v) is 4.55. The van der Waals surface area contributed by atoms with Crippen molar-refractivity contribution in [2.24, 2.45) is 0 Å². The van der Waals surface area contributed by atoms with Crippen LogP contribution >= 0.6 is 47.8 Å². The molecule has 0 aliphatic heterocycles. The minimum absolute atomic E-state index is 0.654. The zero-order valence-electron chi connectivity index (χ0n) is 9.06. The smallest absolute Gasteiger partial charge is 0.183 e. The lowest BCUT2D eigenvalue weighted by molar-refractivity contribution is 0.494. The van der Waals surface area contributed by atoms with Crippen molar-refractivity contribution >= 4 is 53.5 Å². The van der Waals surface area contributed by atoms with Crippen LogP contribution in [0.5, 0.6) is 0 Å². The van der Waals surface area contributed by atoms with E-state index in [9.17, 15) is 0 Å². The van der Waals surface area contributed by atoms with Crippen molar-refractivity contribution in [2.45, 2.75) is 13.5 Å². The average molecular weight is 424 g/mol. The van der Waals surface area contributed by atoms with Gasteiger partial charge in [0, 0.05) is 10.2 Å². The second kappa shape index (κ2) is 5.59. The van der Waals surface area contributed by atoms with E-state index in [0.717, 1.165) is 25.1 Å². The molecule has 0 bridgehead atoms. The molecule has 0 radical (unpaired) electrons. The van der Waals surface area contributed by atoms with Crippen LogP contribution in [0.4, 0.5) is 5.69 Å². The fraction of sp³-hybridized carbons (Fsp3) is 0.167. The number of furan rings is 1.